The summed E-state index contributed by atoms with van der Waals surface area (Å²) in [5.41, 5.74) is 0. The van der Waals surface area contributed by atoms with Crippen LogP contribution >= 0.6 is 11.6 Å². The normalized spacial score (nSPS) is 14.7. The maximum Gasteiger partial charge on any atom is 0.143 e. The minimum atomic E-state index is -0.506. The largest absolute Gasteiger partial charge is 0.376 e. The van der Waals surface area contributed by atoms with Crippen molar-refractivity contribution in [3.8, 4) is 6.07 Å². The Morgan fingerprint density at radius 1 is 1.36 bits per heavy atom. The van der Waals surface area contributed by atoms with Crippen molar-refractivity contribution in [2.24, 2.45) is 0 Å². The molecule has 0 aliphatic rings. The highest BCUT2D eigenvalue weighted by Gasteiger charge is 2.06. The fraction of sp³-hybridized carbons (Fsp3) is 0.909. The van der Waals surface area contributed by atoms with Gasteiger partial charge in [0.2, 0.25) is 0 Å². The van der Waals surface area contributed by atoms with Gasteiger partial charge in [0.1, 0.15) is 5.38 Å². The summed E-state index contributed by atoms with van der Waals surface area (Å²) in [5, 5.41) is 7.93. The Labute approximate surface area is 92.2 Å². The van der Waals surface area contributed by atoms with Gasteiger partial charge in [0.05, 0.1) is 18.8 Å². The van der Waals surface area contributed by atoms with Crippen LogP contribution in [0.25, 0.3) is 0 Å². The first-order valence-electron chi connectivity index (χ1n) is 5.36. The van der Waals surface area contributed by atoms with Gasteiger partial charge >= 0.3 is 0 Å². The number of unbranched alkanes of at least 4 members (excludes halogenated alkanes) is 3. The fourth-order valence-electron chi connectivity index (χ4n) is 1.23. The van der Waals surface area contributed by atoms with E-state index in [1.807, 2.05) is 13.0 Å². The molecule has 2 atom stereocenters. The molecule has 0 aliphatic heterocycles. The lowest BCUT2D eigenvalue weighted by Crippen LogP contribution is -2.14. The summed E-state index contributed by atoms with van der Waals surface area (Å²) in [4.78, 5) is 0. The highest BCUT2D eigenvalue weighted by Crippen LogP contribution is 2.08. The molecule has 0 spiro atoms. The SMILES string of the molecule is CCCCCCC(C)OCC(Cl)C#N. The predicted molar refractivity (Wildman–Crippen MR) is 59.4 cm³/mol. The van der Waals surface area contributed by atoms with Crippen LogP contribution in [0.4, 0.5) is 0 Å². The maximum absolute atomic E-state index is 8.43. The molecule has 0 saturated heterocycles. The number of ether oxygens (including phenoxy) is 1. The van der Waals surface area contributed by atoms with E-state index in [4.69, 9.17) is 21.6 Å². The average molecular weight is 218 g/mol. The fourth-order valence-corrected chi connectivity index (χ4v) is 1.30. The van der Waals surface area contributed by atoms with Crippen LogP contribution in [0.2, 0.25) is 0 Å². The first-order chi connectivity index (χ1) is 6.70. The van der Waals surface area contributed by atoms with Gasteiger partial charge in [0.25, 0.3) is 0 Å². The van der Waals surface area contributed by atoms with Gasteiger partial charge in [0, 0.05) is 0 Å². The summed E-state index contributed by atoms with van der Waals surface area (Å²) in [7, 11) is 0. The van der Waals surface area contributed by atoms with E-state index in [2.05, 4.69) is 6.92 Å². The summed E-state index contributed by atoms with van der Waals surface area (Å²) >= 11 is 5.61. The molecule has 0 rings (SSSR count). The van der Waals surface area contributed by atoms with Crippen molar-refractivity contribution >= 4 is 11.6 Å². The van der Waals surface area contributed by atoms with Crippen LogP contribution in [0, 0.1) is 11.3 Å². The molecule has 0 saturated carbocycles. The van der Waals surface area contributed by atoms with Crippen molar-refractivity contribution in [3.63, 3.8) is 0 Å². The summed E-state index contributed by atoms with van der Waals surface area (Å²) in [6.45, 7) is 4.57. The third-order valence-corrected chi connectivity index (χ3v) is 2.35. The van der Waals surface area contributed by atoms with Gasteiger partial charge in [-0.25, -0.2) is 0 Å². The number of nitriles is 1. The van der Waals surface area contributed by atoms with Crippen LogP contribution in [-0.2, 0) is 4.74 Å². The second kappa shape index (κ2) is 9.30. The van der Waals surface area contributed by atoms with Crippen molar-refractivity contribution in [1.29, 1.82) is 5.26 Å². The number of hydrogen-bond acceptors (Lipinski definition) is 2. The van der Waals surface area contributed by atoms with E-state index in [1.165, 1.54) is 25.7 Å². The lowest BCUT2D eigenvalue weighted by molar-refractivity contribution is 0.0638. The van der Waals surface area contributed by atoms with Crippen molar-refractivity contribution in [3.05, 3.63) is 0 Å². The van der Waals surface area contributed by atoms with E-state index >= 15 is 0 Å². The van der Waals surface area contributed by atoms with Crippen molar-refractivity contribution in [1.82, 2.24) is 0 Å². The minimum Gasteiger partial charge on any atom is -0.376 e. The van der Waals surface area contributed by atoms with Crippen molar-refractivity contribution in [2.45, 2.75) is 57.4 Å². The third kappa shape index (κ3) is 8.34. The molecule has 14 heavy (non-hydrogen) atoms. The van der Waals surface area contributed by atoms with Crippen molar-refractivity contribution < 1.29 is 4.74 Å². The second-order valence-corrected chi connectivity index (χ2v) is 4.12. The molecule has 0 bridgehead atoms. The maximum atomic E-state index is 8.43. The molecule has 0 aromatic rings. The van der Waals surface area contributed by atoms with E-state index in [-0.39, 0.29) is 6.10 Å². The monoisotopic (exact) mass is 217 g/mol. The first-order valence-corrected chi connectivity index (χ1v) is 5.79. The molecule has 2 nitrogen and oxygen atoms in total. The van der Waals surface area contributed by atoms with Gasteiger partial charge in [-0.05, 0) is 13.3 Å². The molecule has 0 aliphatic carbocycles. The molecule has 2 unspecified atom stereocenters. The lowest BCUT2D eigenvalue weighted by Gasteiger charge is -2.12. The number of alkyl halides is 1. The molecule has 0 aromatic carbocycles. The van der Waals surface area contributed by atoms with E-state index in [1.54, 1.807) is 0 Å². The zero-order valence-electron chi connectivity index (χ0n) is 9.13. The molecule has 0 fully saturated rings. The van der Waals surface area contributed by atoms with E-state index in [0.29, 0.717) is 6.61 Å². The van der Waals surface area contributed by atoms with E-state index in [0.717, 1.165) is 6.42 Å². The number of nitrogens with zero attached hydrogens (tertiary/aromatic N) is 1. The number of rotatable bonds is 8. The topological polar surface area (TPSA) is 33.0 Å². The molecule has 3 heteroatoms. The third-order valence-electron chi connectivity index (χ3n) is 2.13. The quantitative estimate of drug-likeness (QED) is 0.461. The predicted octanol–water partition coefficient (Wildman–Crippen LogP) is 3.49. The Hall–Kier alpha value is -0.260. The number of hydrogen-bond donors (Lipinski definition) is 0. The zero-order chi connectivity index (χ0) is 10.8. The highest BCUT2D eigenvalue weighted by molar-refractivity contribution is 6.22. The van der Waals surface area contributed by atoms with Gasteiger partial charge in [-0.15, -0.1) is 11.6 Å². The average Bonchev–Trinajstić information content (AvgIpc) is 2.21. The highest BCUT2D eigenvalue weighted by atomic mass is 35.5. The van der Waals surface area contributed by atoms with Gasteiger partial charge < -0.3 is 4.74 Å². The Bertz CT molecular complexity index is 167. The summed E-state index contributed by atoms with van der Waals surface area (Å²) in [5.74, 6) is 0. The summed E-state index contributed by atoms with van der Waals surface area (Å²) in [6.07, 6.45) is 6.31. The lowest BCUT2D eigenvalue weighted by atomic mass is 10.1. The van der Waals surface area contributed by atoms with Crippen LogP contribution in [0.1, 0.15) is 46.0 Å². The first kappa shape index (κ1) is 13.7. The molecule has 0 heterocycles. The standard InChI is InChI=1S/C11H20ClNO/c1-3-4-5-6-7-10(2)14-9-11(12)8-13/h10-11H,3-7,9H2,1-2H3. The Kier molecular flexibility index (Phi) is 9.13. The Morgan fingerprint density at radius 3 is 2.64 bits per heavy atom. The van der Waals surface area contributed by atoms with Gasteiger partial charge in [-0.1, -0.05) is 32.6 Å². The molecule has 0 N–H and O–H groups in total. The second-order valence-electron chi connectivity index (χ2n) is 3.59. The Morgan fingerprint density at radius 2 is 2.07 bits per heavy atom. The molecule has 0 radical (unpaired) electrons. The van der Waals surface area contributed by atoms with Crippen LogP contribution in [0.3, 0.4) is 0 Å². The minimum absolute atomic E-state index is 0.224. The van der Waals surface area contributed by atoms with Gasteiger partial charge in [0.15, 0.2) is 0 Å². The summed E-state index contributed by atoms with van der Waals surface area (Å²) < 4.78 is 5.42. The number of halogens is 1. The van der Waals surface area contributed by atoms with Crippen LogP contribution < -0.4 is 0 Å². The molecule has 0 amide bonds. The van der Waals surface area contributed by atoms with Crippen LogP contribution in [-0.4, -0.2) is 18.1 Å². The smallest absolute Gasteiger partial charge is 0.143 e. The van der Waals surface area contributed by atoms with E-state index in [9.17, 15) is 0 Å². The van der Waals surface area contributed by atoms with Crippen LogP contribution in [0.5, 0.6) is 0 Å². The van der Waals surface area contributed by atoms with Gasteiger partial charge in [-0.3, -0.25) is 0 Å². The van der Waals surface area contributed by atoms with Crippen molar-refractivity contribution in [2.75, 3.05) is 6.61 Å². The summed E-state index contributed by atoms with van der Waals surface area (Å²) in [6, 6.07) is 1.94. The Balaban J connectivity index is 3.28. The zero-order valence-corrected chi connectivity index (χ0v) is 9.89. The molecule has 0 aromatic heterocycles. The van der Waals surface area contributed by atoms with Gasteiger partial charge in [-0.2, -0.15) is 5.26 Å². The van der Waals surface area contributed by atoms with E-state index < -0.39 is 5.38 Å². The molecular weight excluding hydrogens is 198 g/mol. The van der Waals surface area contributed by atoms with Crippen LogP contribution in [0.15, 0.2) is 0 Å². The molecular formula is C11H20ClNO. The molecule has 82 valence electrons.